The van der Waals surface area contributed by atoms with E-state index >= 15 is 0 Å². The summed E-state index contributed by atoms with van der Waals surface area (Å²) in [6.07, 6.45) is 0.750. The SMILES string of the molecule is CC1c2c[nH]c3cc(F)cc(c23)OC1C(=O)O. The number of halogens is 1. The van der Waals surface area contributed by atoms with E-state index in [4.69, 9.17) is 9.84 Å². The van der Waals surface area contributed by atoms with Gasteiger partial charge in [-0.05, 0) is 11.6 Å². The Morgan fingerprint density at radius 1 is 1.53 bits per heavy atom. The van der Waals surface area contributed by atoms with Gasteiger partial charge in [0.1, 0.15) is 11.6 Å². The minimum atomic E-state index is -1.04. The third kappa shape index (κ3) is 1.32. The number of H-pyrrole nitrogens is 1. The van der Waals surface area contributed by atoms with Crippen molar-refractivity contribution in [2.45, 2.75) is 18.9 Å². The number of carbonyl (C=O) groups is 1. The molecule has 2 aromatic rings. The summed E-state index contributed by atoms with van der Waals surface area (Å²) < 4.78 is 18.7. The zero-order chi connectivity index (χ0) is 12.2. The van der Waals surface area contributed by atoms with Gasteiger partial charge in [0.25, 0.3) is 0 Å². The number of hydrogen-bond donors (Lipinski definition) is 2. The highest BCUT2D eigenvalue weighted by atomic mass is 19.1. The van der Waals surface area contributed by atoms with Gasteiger partial charge in [-0.2, -0.15) is 0 Å². The van der Waals surface area contributed by atoms with E-state index in [1.165, 1.54) is 12.1 Å². The molecule has 1 aliphatic rings. The van der Waals surface area contributed by atoms with Crippen LogP contribution < -0.4 is 4.74 Å². The minimum Gasteiger partial charge on any atom is -0.478 e. The summed E-state index contributed by atoms with van der Waals surface area (Å²) in [7, 11) is 0. The van der Waals surface area contributed by atoms with E-state index in [1.54, 1.807) is 13.1 Å². The molecule has 0 fully saturated rings. The summed E-state index contributed by atoms with van der Waals surface area (Å²) in [6, 6.07) is 2.60. The number of carboxylic acid groups (broad SMARTS) is 1. The second-order valence-electron chi connectivity index (χ2n) is 4.24. The maximum Gasteiger partial charge on any atom is 0.345 e. The second kappa shape index (κ2) is 3.23. The number of aromatic nitrogens is 1. The van der Waals surface area contributed by atoms with Crippen molar-refractivity contribution in [3.05, 3.63) is 29.7 Å². The molecule has 17 heavy (non-hydrogen) atoms. The molecule has 2 unspecified atom stereocenters. The van der Waals surface area contributed by atoms with Gasteiger partial charge in [-0.3, -0.25) is 0 Å². The Morgan fingerprint density at radius 3 is 3.00 bits per heavy atom. The van der Waals surface area contributed by atoms with Crippen LogP contribution in [-0.2, 0) is 4.79 Å². The van der Waals surface area contributed by atoms with Gasteiger partial charge in [-0.1, -0.05) is 6.92 Å². The lowest BCUT2D eigenvalue weighted by atomic mass is 9.92. The van der Waals surface area contributed by atoms with Gasteiger partial charge in [0.05, 0.1) is 5.52 Å². The lowest BCUT2D eigenvalue weighted by Crippen LogP contribution is -2.34. The number of carboxylic acids is 1. The lowest BCUT2D eigenvalue weighted by molar-refractivity contribution is -0.146. The van der Waals surface area contributed by atoms with Gasteiger partial charge < -0.3 is 14.8 Å². The van der Waals surface area contributed by atoms with Crippen LogP contribution in [0.1, 0.15) is 18.4 Å². The standard InChI is InChI=1S/C12H10FNO3/c1-5-7-4-14-8-2-6(13)3-9(10(7)8)17-11(5)12(15)16/h2-5,11,14H,1H3,(H,15,16). The fourth-order valence-electron chi connectivity index (χ4n) is 2.34. The van der Waals surface area contributed by atoms with Crippen LogP contribution in [0.4, 0.5) is 4.39 Å². The average Bonchev–Trinajstić information content (AvgIpc) is 2.67. The highest BCUT2D eigenvalue weighted by Gasteiger charge is 2.35. The Morgan fingerprint density at radius 2 is 2.29 bits per heavy atom. The number of rotatable bonds is 1. The molecule has 88 valence electrons. The van der Waals surface area contributed by atoms with E-state index in [0.717, 1.165) is 10.9 Å². The summed E-state index contributed by atoms with van der Waals surface area (Å²) in [5, 5.41) is 9.84. The molecule has 2 N–H and O–H groups in total. The largest absolute Gasteiger partial charge is 0.478 e. The van der Waals surface area contributed by atoms with Gasteiger partial charge in [-0.25, -0.2) is 9.18 Å². The summed E-state index contributed by atoms with van der Waals surface area (Å²) in [5.41, 5.74) is 1.49. The molecule has 0 bridgehead atoms. The summed E-state index contributed by atoms with van der Waals surface area (Å²) in [5.74, 6) is -1.46. The molecule has 1 aliphatic heterocycles. The van der Waals surface area contributed by atoms with E-state index in [1.807, 2.05) is 0 Å². The fourth-order valence-corrected chi connectivity index (χ4v) is 2.34. The molecule has 2 heterocycles. The van der Waals surface area contributed by atoms with E-state index in [2.05, 4.69) is 4.98 Å². The lowest BCUT2D eigenvalue weighted by Gasteiger charge is -2.26. The first-order valence-electron chi connectivity index (χ1n) is 5.28. The van der Waals surface area contributed by atoms with Crippen molar-refractivity contribution in [2.24, 2.45) is 0 Å². The molecule has 0 radical (unpaired) electrons. The molecule has 0 saturated carbocycles. The van der Waals surface area contributed by atoms with Gasteiger partial charge in [0.15, 0.2) is 0 Å². The predicted octanol–water partition coefficient (Wildman–Crippen LogP) is 2.26. The fraction of sp³-hybridized carbons (Fsp3) is 0.250. The molecule has 0 aliphatic carbocycles. The van der Waals surface area contributed by atoms with Crippen LogP contribution in [0.25, 0.3) is 10.9 Å². The third-order valence-electron chi connectivity index (χ3n) is 3.18. The van der Waals surface area contributed by atoms with Gasteiger partial charge in [0, 0.05) is 23.6 Å². The quantitative estimate of drug-likeness (QED) is 0.796. The van der Waals surface area contributed by atoms with Gasteiger partial charge in [0.2, 0.25) is 6.10 Å². The topological polar surface area (TPSA) is 62.3 Å². The van der Waals surface area contributed by atoms with Crippen LogP contribution in [0.15, 0.2) is 18.3 Å². The molecule has 4 nitrogen and oxygen atoms in total. The summed E-state index contributed by atoms with van der Waals surface area (Å²) in [6.45, 7) is 1.79. The minimum absolute atomic E-state index is 0.265. The normalized spacial score (nSPS) is 22.5. The van der Waals surface area contributed by atoms with Crippen molar-refractivity contribution in [2.75, 3.05) is 0 Å². The van der Waals surface area contributed by atoms with Crippen LogP contribution in [0.5, 0.6) is 5.75 Å². The van der Waals surface area contributed by atoms with Gasteiger partial charge in [-0.15, -0.1) is 0 Å². The van der Waals surface area contributed by atoms with Crippen LogP contribution in [-0.4, -0.2) is 22.2 Å². The highest BCUT2D eigenvalue weighted by molar-refractivity contribution is 5.92. The Hall–Kier alpha value is -2.04. The Kier molecular flexibility index (Phi) is 1.92. The molecule has 0 saturated heterocycles. The zero-order valence-electron chi connectivity index (χ0n) is 9.03. The molecule has 0 amide bonds. The Labute approximate surface area is 96.0 Å². The maximum atomic E-state index is 13.3. The number of ether oxygens (including phenoxy) is 1. The number of benzene rings is 1. The number of aromatic amines is 1. The van der Waals surface area contributed by atoms with E-state index in [-0.39, 0.29) is 5.92 Å². The monoisotopic (exact) mass is 235 g/mol. The Balaban J connectivity index is 2.27. The van der Waals surface area contributed by atoms with Crippen LogP contribution in [0, 0.1) is 5.82 Å². The van der Waals surface area contributed by atoms with E-state index in [9.17, 15) is 9.18 Å². The highest BCUT2D eigenvalue weighted by Crippen LogP contribution is 2.40. The van der Waals surface area contributed by atoms with Crippen LogP contribution >= 0.6 is 0 Å². The maximum absolute atomic E-state index is 13.3. The molecular formula is C12H10FNO3. The zero-order valence-corrected chi connectivity index (χ0v) is 9.03. The first-order valence-corrected chi connectivity index (χ1v) is 5.28. The van der Waals surface area contributed by atoms with Crippen molar-refractivity contribution in [3.8, 4) is 5.75 Å². The van der Waals surface area contributed by atoms with Crippen molar-refractivity contribution in [1.29, 1.82) is 0 Å². The third-order valence-corrected chi connectivity index (χ3v) is 3.18. The Bertz CT molecular complexity index is 619. The summed E-state index contributed by atoms with van der Waals surface area (Å²) in [4.78, 5) is 14.0. The first kappa shape index (κ1) is 10.1. The molecular weight excluding hydrogens is 225 g/mol. The number of nitrogens with one attached hydrogen (secondary N) is 1. The van der Waals surface area contributed by atoms with Crippen LogP contribution in [0.2, 0.25) is 0 Å². The first-order chi connectivity index (χ1) is 8.08. The van der Waals surface area contributed by atoms with Crippen molar-refractivity contribution in [3.63, 3.8) is 0 Å². The van der Waals surface area contributed by atoms with E-state index in [0.29, 0.717) is 11.3 Å². The molecule has 3 rings (SSSR count). The van der Waals surface area contributed by atoms with Crippen molar-refractivity contribution in [1.82, 2.24) is 4.98 Å². The predicted molar refractivity (Wildman–Crippen MR) is 58.7 cm³/mol. The number of aliphatic carboxylic acids is 1. The smallest absolute Gasteiger partial charge is 0.345 e. The summed E-state index contributed by atoms with van der Waals surface area (Å²) >= 11 is 0. The van der Waals surface area contributed by atoms with Gasteiger partial charge >= 0.3 is 5.97 Å². The molecule has 1 aromatic carbocycles. The van der Waals surface area contributed by atoms with E-state index < -0.39 is 17.9 Å². The molecule has 0 spiro atoms. The molecule has 2 atom stereocenters. The van der Waals surface area contributed by atoms with Crippen molar-refractivity contribution >= 4 is 16.9 Å². The van der Waals surface area contributed by atoms with Crippen molar-refractivity contribution < 1.29 is 19.0 Å². The molecule has 5 heteroatoms. The number of hydrogen-bond acceptors (Lipinski definition) is 2. The second-order valence-corrected chi connectivity index (χ2v) is 4.24. The average molecular weight is 235 g/mol. The molecule has 1 aromatic heterocycles. The van der Waals surface area contributed by atoms with Crippen LogP contribution in [0.3, 0.4) is 0 Å².